The summed E-state index contributed by atoms with van der Waals surface area (Å²) in [6.45, 7) is 1.78. The minimum Gasteiger partial charge on any atom is -0.477 e. The van der Waals surface area contributed by atoms with Crippen molar-refractivity contribution < 1.29 is 28.3 Å². The van der Waals surface area contributed by atoms with Gasteiger partial charge in [0.25, 0.3) is 0 Å². The Morgan fingerprint density at radius 1 is 1.40 bits per heavy atom. The van der Waals surface area contributed by atoms with Crippen molar-refractivity contribution in [2.45, 2.75) is 6.92 Å². The van der Waals surface area contributed by atoms with E-state index in [9.17, 15) is 18.4 Å². The molecule has 2 N–H and O–H groups in total. The molecule has 1 rings (SSSR count). The Kier molecular flexibility index (Phi) is 5.98. The molecule has 1 aromatic rings. The van der Waals surface area contributed by atoms with Gasteiger partial charge in [-0.1, -0.05) is 6.92 Å². The number of carbonyl (C=O) groups is 2. The summed E-state index contributed by atoms with van der Waals surface area (Å²) in [6, 6.07) is 2.75. The van der Waals surface area contributed by atoms with Gasteiger partial charge >= 0.3 is 11.9 Å². The van der Waals surface area contributed by atoms with Gasteiger partial charge in [-0.05, 0) is 23.3 Å². The van der Waals surface area contributed by atoms with Gasteiger partial charge in [0.15, 0.2) is 17.2 Å². The van der Waals surface area contributed by atoms with Gasteiger partial charge in [0.2, 0.25) is 0 Å². The van der Waals surface area contributed by atoms with E-state index in [4.69, 9.17) is 5.11 Å². The van der Waals surface area contributed by atoms with Gasteiger partial charge < -0.3 is 9.94 Å². The molecule has 8 heteroatoms. The predicted octanol–water partition coefficient (Wildman–Crippen LogP) is 2.56. The molecule has 0 atom stereocenters. The summed E-state index contributed by atoms with van der Waals surface area (Å²) in [5.74, 6) is -4.17. The Morgan fingerprint density at radius 2 is 2.10 bits per heavy atom. The van der Waals surface area contributed by atoms with Crippen LogP contribution in [-0.2, 0) is 14.4 Å². The zero-order valence-corrected chi connectivity index (χ0v) is 11.2. The highest BCUT2D eigenvalue weighted by Crippen LogP contribution is 2.14. The molecule has 0 spiro atoms. The van der Waals surface area contributed by atoms with Crippen molar-refractivity contribution in [3.8, 4) is 0 Å². The number of carboxylic acid groups (broad SMARTS) is 1. The fraction of sp³-hybridized carbons (Fsp3) is 0.167. The van der Waals surface area contributed by atoms with Crippen LogP contribution >= 0.6 is 11.8 Å². The highest BCUT2D eigenvalue weighted by Gasteiger charge is 2.19. The average molecular weight is 303 g/mol. The Bertz CT molecular complexity index is 548. The Balaban J connectivity index is 2.69. The standard InChI is InChI=1S/C12H11F2NO4S/c1-2-20-6-8(11(16)17)12(18)19-15-7-3-4-9(13)10(14)5-7/h3-6,15H,2H2,1H3,(H,16,17). The molecule has 20 heavy (non-hydrogen) atoms. The van der Waals surface area contributed by atoms with Crippen molar-refractivity contribution in [1.29, 1.82) is 0 Å². The van der Waals surface area contributed by atoms with Crippen LogP contribution in [0.4, 0.5) is 14.5 Å². The van der Waals surface area contributed by atoms with Crippen molar-refractivity contribution >= 4 is 29.4 Å². The van der Waals surface area contributed by atoms with Gasteiger partial charge in [0.1, 0.15) is 0 Å². The number of carboxylic acids is 1. The first-order valence-corrected chi connectivity index (χ1v) is 6.48. The van der Waals surface area contributed by atoms with Crippen molar-refractivity contribution in [3.05, 3.63) is 40.8 Å². The van der Waals surface area contributed by atoms with Crippen LogP contribution in [0.15, 0.2) is 29.2 Å². The second-order valence-electron chi connectivity index (χ2n) is 3.41. The summed E-state index contributed by atoms with van der Waals surface area (Å²) in [4.78, 5) is 26.8. The van der Waals surface area contributed by atoms with E-state index in [1.54, 1.807) is 6.92 Å². The minimum atomic E-state index is -1.44. The number of aliphatic carboxylic acids is 1. The lowest BCUT2D eigenvalue weighted by molar-refractivity contribution is -0.142. The number of benzene rings is 1. The van der Waals surface area contributed by atoms with Crippen LogP contribution in [0.1, 0.15) is 6.92 Å². The highest BCUT2D eigenvalue weighted by atomic mass is 32.2. The fourth-order valence-corrected chi connectivity index (χ4v) is 1.60. The molecule has 0 aromatic heterocycles. The fourth-order valence-electron chi connectivity index (χ4n) is 1.07. The number of halogens is 2. The smallest absolute Gasteiger partial charge is 0.370 e. The molecule has 0 fully saturated rings. The maximum Gasteiger partial charge on any atom is 0.370 e. The van der Waals surface area contributed by atoms with E-state index in [1.165, 1.54) is 0 Å². The first-order valence-electron chi connectivity index (χ1n) is 5.43. The minimum absolute atomic E-state index is 0.0230. The molecule has 0 saturated carbocycles. The summed E-state index contributed by atoms with van der Waals surface area (Å²) in [7, 11) is 0. The van der Waals surface area contributed by atoms with Crippen molar-refractivity contribution in [3.63, 3.8) is 0 Å². The van der Waals surface area contributed by atoms with Crippen LogP contribution < -0.4 is 5.48 Å². The van der Waals surface area contributed by atoms with Crippen LogP contribution in [-0.4, -0.2) is 22.8 Å². The van der Waals surface area contributed by atoms with E-state index < -0.39 is 29.1 Å². The Morgan fingerprint density at radius 3 is 2.65 bits per heavy atom. The molecule has 5 nitrogen and oxygen atoms in total. The monoisotopic (exact) mass is 303 g/mol. The molecule has 1 aromatic carbocycles. The van der Waals surface area contributed by atoms with E-state index in [2.05, 4.69) is 10.3 Å². The number of hydrogen-bond donors (Lipinski definition) is 2. The average Bonchev–Trinajstić information content (AvgIpc) is 2.40. The number of anilines is 1. The highest BCUT2D eigenvalue weighted by molar-refractivity contribution is 8.02. The maximum atomic E-state index is 12.9. The third-order valence-electron chi connectivity index (χ3n) is 2.00. The molecular formula is C12H11F2NO4S. The van der Waals surface area contributed by atoms with Crippen LogP contribution in [0.25, 0.3) is 0 Å². The molecule has 0 aliphatic rings. The second-order valence-corrected chi connectivity index (χ2v) is 4.56. The molecule has 0 unspecified atom stereocenters. The number of nitrogens with one attached hydrogen (secondary N) is 1. The first-order chi connectivity index (χ1) is 9.45. The van der Waals surface area contributed by atoms with E-state index in [0.29, 0.717) is 5.75 Å². The molecule has 108 valence electrons. The van der Waals surface area contributed by atoms with Crippen LogP contribution in [0.3, 0.4) is 0 Å². The zero-order chi connectivity index (χ0) is 15.1. The number of rotatable bonds is 6. The van der Waals surface area contributed by atoms with E-state index in [0.717, 1.165) is 35.4 Å². The van der Waals surface area contributed by atoms with Gasteiger partial charge in [-0.25, -0.2) is 23.9 Å². The molecule has 0 aliphatic heterocycles. The lowest BCUT2D eigenvalue weighted by Gasteiger charge is -2.07. The normalized spacial score (nSPS) is 11.1. The lowest BCUT2D eigenvalue weighted by Crippen LogP contribution is -2.18. The molecule has 0 aliphatic carbocycles. The Labute approximate surface area is 117 Å². The molecule has 0 heterocycles. The van der Waals surface area contributed by atoms with Gasteiger partial charge in [0.05, 0.1) is 5.69 Å². The summed E-state index contributed by atoms with van der Waals surface area (Å²) >= 11 is 1.12. The van der Waals surface area contributed by atoms with Crippen LogP contribution in [0.5, 0.6) is 0 Å². The summed E-state index contributed by atoms with van der Waals surface area (Å²) in [5, 5.41) is 9.98. The summed E-state index contributed by atoms with van der Waals surface area (Å²) in [6.07, 6.45) is 0. The molecule has 0 saturated heterocycles. The zero-order valence-electron chi connectivity index (χ0n) is 10.4. The number of thioether (sulfide) groups is 1. The Hall–Kier alpha value is -2.09. The largest absolute Gasteiger partial charge is 0.477 e. The van der Waals surface area contributed by atoms with Crippen LogP contribution in [0, 0.1) is 11.6 Å². The molecular weight excluding hydrogens is 292 g/mol. The van der Waals surface area contributed by atoms with Gasteiger partial charge in [-0.2, -0.15) is 0 Å². The third-order valence-corrected chi connectivity index (χ3v) is 2.74. The van der Waals surface area contributed by atoms with Crippen molar-refractivity contribution in [1.82, 2.24) is 0 Å². The van der Waals surface area contributed by atoms with Crippen LogP contribution in [0.2, 0.25) is 0 Å². The molecule has 0 amide bonds. The van der Waals surface area contributed by atoms with Gasteiger partial charge in [-0.15, -0.1) is 11.8 Å². The van der Waals surface area contributed by atoms with Gasteiger partial charge in [0, 0.05) is 6.07 Å². The molecule has 0 bridgehead atoms. The van der Waals surface area contributed by atoms with Gasteiger partial charge in [-0.3, -0.25) is 0 Å². The second kappa shape index (κ2) is 7.49. The van der Waals surface area contributed by atoms with E-state index in [-0.39, 0.29) is 5.69 Å². The third kappa shape index (κ3) is 4.54. The predicted molar refractivity (Wildman–Crippen MR) is 69.9 cm³/mol. The quantitative estimate of drug-likeness (QED) is 0.364. The van der Waals surface area contributed by atoms with Crippen molar-refractivity contribution in [2.75, 3.05) is 11.2 Å². The first kappa shape index (κ1) is 16.0. The van der Waals surface area contributed by atoms with Crippen molar-refractivity contribution in [2.24, 2.45) is 0 Å². The maximum absolute atomic E-state index is 12.9. The lowest BCUT2D eigenvalue weighted by atomic mass is 10.3. The topological polar surface area (TPSA) is 75.6 Å². The number of carbonyl (C=O) groups excluding carboxylic acids is 1. The molecule has 0 radical (unpaired) electrons. The van der Waals surface area contributed by atoms with E-state index in [1.807, 2.05) is 0 Å². The summed E-state index contributed by atoms with van der Waals surface area (Å²) < 4.78 is 25.6. The summed E-state index contributed by atoms with van der Waals surface area (Å²) in [5.41, 5.74) is 1.47. The SMILES string of the molecule is CCSC=C(C(=O)O)C(=O)ONc1ccc(F)c(F)c1. The van der Waals surface area contributed by atoms with E-state index >= 15 is 0 Å². The number of hydrogen-bond acceptors (Lipinski definition) is 5.